The van der Waals surface area contributed by atoms with Crippen LogP contribution < -0.4 is 5.32 Å². The maximum atomic E-state index is 12.5. The van der Waals surface area contributed by atoms with Crippen molar-refractivity contribution in [2.24, 2.45) is 23.2 Å². The second-order valence-electron chi connectivity index (χ2n) is 8.81. The normalized spacial score (nSPS) is 36.2. The van der Waals surface area contributed by atoms with Gasteiger partial charge in [-0.15, -0.1) is 0 Å². The van der Waals surface area contributed by atoms with Gasteiger partial charge in [0.1, 0.15) is 12.0 Å². The zero-order valence-corrected chi connectivity index (χ0v) is 16.1. The number of imidazole rings is 1. The highest BCUT2D eigenvalue weighted by Gasteiger charge is 2.52. The van der Waals surface area contributed by atoms with Gasteiger partial charge in [-0.25, -0.2) is 4.98 Å². The topological polar surface area (TPSA) is 60.7 Å². The number of aryl methyl sites for hydroxylation is 1. The van der Waals surface area contributed by atoms with Gasteiger partial charge in [0.2, 0.25) is 0 Å². The summed E-state index contributed by atoms with van der Waals surface area (Å²) in [5.74, 6) is 0.998. The van der Waals surface area contributed by atoms with E-state index < -0.39 is 0 Å². The van der Waals surface area contributed by atoms with Crippen LogP contribution in [0.4, 0.5) is 0 Å². The molecule has 1 aliphatic heterocycles. The minimum atomic E-state index is 0.0256. The summed E-state index contributed by atoms with van der Waals surface area (Å²) in [5.41, 5.74) is 1.86. The molecule has 0 amide bonds. The van der Waals surface area contributed by atoms with Crippen molar-refractivity contribution in [1.29, 1.82) is 0 Å². The Morgan fingerprint density at radius 1 is 1.46 bits per heavy atom. The summed E-state index contributed by atoms with van der Waals surface area (Å²) in [7, 11) is 0. The van der Waals surface area contributed by atoms with E-state index in [0.717, 1.165) is 32.5 Å². The number of nitrogens with zero attached hydrogens (tertiary/aromatic N) is 2. The van der Waals surface area contributed by atoms with Crippen molar-refractivity contribution in [3.05, 3.63) is 30.4 Å². The molecule has 5 heteroatoms. The molecule has 4 rings (SSSR count). The van der Waals surface area contributed by atoms with Crippen LogP contribution in [0.15, 0.2) is 30.4 Å². The van der Waals surface area contributed by atoms with Crippen molar-refractivity contribution in [2.75, 3.05) is 13.1 Å². The molecule has 2 aliphatic carbocycles. The molecule has 2 N–H and O–H groups in total. The highest BCUT2D eigenvalue weighted by Crippen LogP contribution is 2.53. The number of carbonyl (C=O) groups is 1. The number of carbonyl (C=O) groups excluding carboxylic acids is 1. The van der Waals surface area contributed by atoms with Gasteiger partial charge in [-0.05, 0) is 30.6 Å². The summed E-state index contributed by atoms with van der Waals surface area (Å²) in [4.78, 5) is 16.6. The number of hydrogen-bond donors (Lipinski definition) is 1. The monoisotopic (exact) mass is 358 g/mol. The van der Waals surface area contributed by atoms with E-state index in [-0.39, 0.29) is 29.3 Å². The summed E-state index contributed by atoms with van der Waals surface area (Å²) < 4.78 is 7.93. The van der Waals surface area contributed by atoms with Gasteiger partial charge in [-0.1, -0.05) is 31.9 Å². The van der Waals surface area contributed by atoms with Gasteiger partial charge in [0.15, 0.2) is 0 Å². The third-order valence-corrected chi connectivity index (χ3v) is 6.89. The van der Waals surface area contributed by atoms with Gasteiger partial charge in [-0.2, -0.15) is 0 Å². The van der Waals surface area contributed by atoms with E-state index in [1.54, 1.807) is 5.57 Å². The molecule has 1 saturated carbocycles. The van der Waals surface area contributed by atoms with Crippen molar-refractivity contribution >= 4 is 5.97 Å². The molecule has 0 bridgehead atoms. The number of aromatic nitrogens is 2. The number of rotatable bonds is 6. The number of ether oxygens (including phenoxy) is 1. The lowest BCUT2D eigenvalue weighted by atomic mass is 9.59. The fourth-order valence-electron chi connectivity index (χ4n) is 5.45. The largest absolute Gasteiger partial charge is 0.461 e. The van der Waals surface area contributed by atoms with Crippen LogP contribution in [0, 0.1) is 23.2 Å². The fourth-order valence-corrected chi connectivity index (χ4v) is 5.45. The first-order chi connectivity index (χ1) is 12.6. The molecule has 0 spiro atoms. The lowest BCUT2D eigenvalue weighted by molar-refractivity contribution is -0.659. The molecule has 142 valence electrons. The summed E-state index contributed by atoms with van der Waals surface area (Å²) in [6, 6.07) is 0. The van der Waals surface area contributed by atoms with Crippen LogP contribution in [0.25, 0.3) is 0 Å². The smallest absolute Gasteiger partial charge is 0.315 e. The van der Waals surface area contributed by atoms with Gasteiger partial charge in [0, 0.05) is 31.3 Å². The lowest BCUT2D eigenvalue weighted by Gasteiger charge is -2.45. The zero-order chi connectivity index (χ0) is 18.1. The fraction of sp³-hybridized carbons (Fsp3) is 0.714. The molecule has 5 atom stereocenters. The molecule has 26 heavy (non-hydrogen) atoms. The van der Waals surface area contributed by atoms with Crippen molar-refractivity contribution in [1.82, 2.24) is 9.55 Å². The first-order valence-corrected chi connectivity index (χ1v) is 10.3. The molecule has 2 heterocycles. The van der Waals surface area contributed by atoms with Crippen molar-refractivity contribution < 1.29 is 14.8 Å². The molecular weight excluding hydrogens is 326 g/mol. The van der Waals surface area contributed by atoms with Crippen molar-refractivity contribution in [3.63, 3.8) is 0 Å². The SMILES string of the molecule is C[C@H]1CCC[C@]2(C)C[C@H]3OC(=O)[C@H](C[NH2+]CCCn4ccnc4)[C@H]3C=C12. The van der Waals surface area contributed by atoms with Crippen LogP contribution in [-0.4, -0.2) is 34.7 Å². The van der Waals surface area contributed by atoms with Gasteiger partial charge < -0.3 is 14.6 Å². The Hall–Kier alpha value is -1.62. The van der Waals surface area contributed by atoms with Gasteiger partial charge in [0.05, 0.1) is 19.4 Å². The predicted molar refractivity (Wildman–Crippen MR) is 99.2 cm³/mol. The van der Waals surface area contributed by atoms with Gasteiger partial charge in [0.25, 0.3) is 0 Å². The molecule has 5 nitrogen and oxygen atoms in total. The zero-order valence-electron chi connectivity index (χ0n) is 16.1. The Kier molecular flexibility index (Phi) is 4.91. The summed E-state index contributed by atoms with van der Waals surface area (Å²) in [6.45, 7) is 7.60. The van der Waals surface area contributed by atoms with Crippen LogP contribution >= 0.6 is 0 Å². The van der Waals surface area contributed by atoms with Crippen LogP contribution in [0.1, 0.15) is 46.0 Å². The number of hydrogen-bond acceptors (Lipinski definition) is 3. The first kappa shape index (κ1) is 17.8. The molecule has 1 aromatic rings. The molecular formula is C21H32N3O2+. The molecule has 0 aromatic carbocycles. The van der Waals surface area contributed by atoms with Crippen LogP contribution in [0.3, 0.4) is 0 Å². The van der Waals surface area contributed by atoms with Crippen LogP contribution in [-0.2, 0) is 16.1 Å². The maximum Gasteiger partial charge on any atom is 0.315 e. The van der Waals surface area contributed by atoms with E-state index in [1.165, 1.54) is 19.3 Å². The van der Waals surface area contributed by atoms with Crippen molar-refractivity contribution in [3.8, 4) is 0 Å². The van der Waals surface area contributed by atoms with Gasteiger partial charge in [-0.3, -0.25) is 4.79 Å². The highest BCUT2D eigenvalue weighted by atomic mass is 16.6. The van der Waals surface area contributed by atoms with E-state index in [2.05, 4.69) is 34.8 Å². The van der Waals surface area contributed by atoms with E-state index in [4.69, 9.17) is 4.74 Å². The van der Waals surface area contributed by atoms with Crippen LogP contribution in [0.2, 0.25) is 0 Å². The Morgan fingerprint density at radius 3 is 3.15 bits per heavy atom. The Bertz CT molecular complexity index is 669. The Morgan fingerprint density at radius 2 is 2.35 bits per heavy atom. The first-order valence-electron chi connectivity index (χ1n) is 10.3. The molecule has 2 fully saturated rings. The van der Waals surface area contributed by atoms with Gasteiger partial charge >= 0.3 is 5.97 Å². The third-order valence-electron chi connectivity index (χ3n) is 6.89. The molecule has 1 saturated heterocycles. The highest BCUT2D eigenvalue weighted by molar-refractivity contribution is 5.76. The average molecular weight is 359 g/mol. The number of quaternary nitrogens is 1. The molecule has 3 aliphatic rings. The lowest BCUT2D eigenvalue weighted by Crippen LogP contribution is -2.86. The molecule has 1 aromatic heterocycles. The van der Waals surface area contributed by atoms with E-state index in [0.29, 0.717) is 5.92 Å². The minimum Gasteiger partial charge on any atom is -0.461 e. The molecule has 0 unspecified atom stereocenters. The predicted octanol–water partition coefficient (Wildman–Crippen LogP) is 2.15. The average Bonchev–Trinajstić information content (AvgIpc) is 3.21. The quantitative estimate of drug-likeness (QED) is 0.481. The summed E-state index contributed by atoms with van der Waals surface area (Å²) >= 11 is 0. The molecule has 0 radical (unpaired) electrons. The number of allylic oxidation sites excluding steroid dienone is 1. The maximum absolute atomic E-state index is 12.5. The summed E-state index contributed by atoms with van der Waals surface area (Å²) in [6.07, 6.45) is 14.2. The number of nitrogens with two attached hydrogens (primary N) is 1. The second kappa shape index (κ2) is 7.18. The third kappa shape index (κ3) is 3.34. The number of esters is 1. The van der Waals surface area contributed by atoms with Crippen molar-refractivity contribution in [2.45, 2.75) is 58.6 Å². The van der Waals surface area contributed by atoms with E-state index >= 15 is 0 Å². The Labute approximate surface area is 156 Å². The minimum absolute atomic E-state index is 0.0256. The van der Waals surface area contributed by atoms with Crippen LogP contribution in [0.5, 0.6) is 0 Å². The number of fused-ring (bicyclic) bond motifs is 2. The Balaban J connectivity index is 1.35. The standard InChI is InChI=1S/C21H31N3O2/c1-15-5-3-6-21(2)12-19-16(11-18(15)21)17(20(25)26-19)13-22-7-4-9-24-10-8-23-14-24/h8,10-11,14-17,19,22H,3-7,9,12-13H2,1-2H3/p+1/t15-,16+,17+,19+,21+/m0/s1. The van der Waals surface area contributed by atoms with E-state index in [9.17, 15) is 4.79 Å². The summed E-state index contributed by atoms with van der Waals surface area (Å²) in [5, 5.41) is 2.29. The van der Waals surface area contributed by atoms with E-state index in [1.807, 2.05) is 18.7 Å². The second-order valence-corrected chi connectivity index (χ2v) is 8.81.